The van der Waals surface area contributed by atoms with Gasteiger partial charge in [-0.25, -0.2) is 13.1 Å². The van der Waals surface area contributed by atoms with Crippen molar-refractivity contribution in [2.24, 2.45) is 0 Å². The number of methoxy groups -OCH3 is 1. The van der Waals surface area contributed by atoms with Gasteiger partial charge in [-0.05, 0) is 24.3 Å². The van der Waals surface area contributed by atoms with Crippen molar-refractivity contribution in [3.63, 3.8) is 0 Å². The maximum absolute atomic E-state index is 12.1. The first-order valence-corrected chi connectivity index (χ1v) is 7.31. The molecule has 1 atom stereocenters. The number of benzene rings is 1. The number of sulfonamides is 1. The normalized spacial score (nSPS) is 19.8. The Kier molecular flexibility index (Phi) is 3.77. The minimum absolute atomic E-state index is 0.0533. The third-order valence-corrected chi connectivity index (χ3v) is 4.57. The standard InChI is InChI=1S/C12H16N2O4S/c1-14-8-9(7-12(14)15)13-19(16,17)11-5-3-10(18-2)4-6-11/h3-6,9,13H,7-8H2,1-2H3. The second kappa shape index (κ2) is 5.18. The lowest BCUT2D eigenvalue weighted by molar-refractivity contribution is -0.126. The fourth-order valence-corrected chi connectivity index (χ4v) is 3.21. The molecule has 1 saturated heterocycles. The van der Waals surface area contributed by atoms with Gasteiger partial charge in [0, 0.05) is 26.1 Å². The maximum atomic E-state index is 12.1. The Morgan fingerprint density at radius 2 is 1.95 bits per heavy atom. The third kappa shape index (κ3) is 3.05. The molecule has 1 aliphatic heterocycles. The first-order chi connectivity index (χ1) is 8.92. The van der Waals surface area contributed by atoms with Crippen LogP contribution in [0.5, 0.6) is 5.75 Å². The van der Waals surface area contributed by atoms with Crippen molar-refractivity contribution < 1.29 is 17.9 Å². The fraction of sp³-hybridized carbons (Fsp3) is 0.417. The smallest absolute Gasteiger partial charge is 0.240 e. The van der Waals surface area contributed by atoms with Gasteiger partial charge < -0.3 is 9.64 Å². The van der Waals surface area contributed by atoms with Gasteiger partial charge in [0.2, 0.25) is 15.9 Å². The number of carbonyl (C=O) groups excluding carboxylic acids is 1. The Bertz CT molecular complexity index is 568. The van der Waals surface area contributed by atoms with E-state index in [1.807, 2.05) is 0 Å². The van der Waals surface area contributed by atoms with Crippen LogP contribution in [0.3, 0.4) is 0 Å². The van der Waals surface area contributed by atoms with Crippen molar-refractivity contribution in [3.8, 4) is 5.75 Å². The SMILES string of the molecule is COc1ccc(S(=O)(=O)NC2CC(=O)N(C)C2)cc1. The Hall–Kier alpha value is -1.60. The van der Waals surface area contributed by atoms with E-state index in [4.69, 9.17) is 4.74 Å². The quantitative estimate of drug-likeness (QED) is 0.857. The molecule has 0 aliphatic carbocycles. The predicted octanol–water partition coefficient (Wildman–Crippen LogP) is 0.204. The Labute approximate surface area is 112 Å². The number of likely N-dealkylation sites (tertiary alicyclic amines) is 1. The number of hydrogen-bond donors (Lipinski definition) is 1. The lowest BCUT2D eigenvalue weighted by Gasteiger charge is -2.13. The van der Waals surface area contributed by atoms with Gasteiger partial charge in [0.15, 0.2) is 0 Å². The third-order valence-electron chi connectivity index (χ3n) is 3.03. The average Bonchev–Trinajstić information content (AvgIpc) is 2.67. The lowest BCUT2D eigenvalue weighted by atomic mass is 10.3. The van der Waals surface area contributed by atoms with Crippen molar-refractivity contribution in [1.29, 1.82) is 0 Å². The number of likely N-dealkylation sites (N-methyl/N-ethyl adjacent to an activating group) is 1. The molecule has 1 aliphatic rings. The summed E-state index contributed by atoms with van der Waals surface area (Å²) in [6, 6.07) is 5.74. The molecule has 104 valence electrons. The van der Waals surface area contributed by atoms with E-state index in [1.54, 1.807) is 19.2 Å². The molecule has 6 nitrogen and oxygen atoms in total. The highest BCUT2D eigenvalue weighted by atomic mass is 32.2. The zero-order valence-electron chi connectivity index (χ0n) is 10.8. The zero-order valence-corrected chi connectivity index (χ0v) is 11.6. The fourth-order valence-electron chi connectivity index (χ4n) is 1.98. The molecule has 19 heavy (non-hydrogen) atoms. The van der Waals surface area contributed by atoms with E-state index in [0.29, 0.717) is 12.3 Å². The number of amides is 1. The summed E-state index contributed by atoms with van der Waals surface area (Å²) in [5.74, 6) is 0.539. The lowest BCUT2D eigenvalue weighted by Crippen LogP contribution is -2.36. The van der Waals surface area contributed by atoms with Gasteiger partial charge in [0.25, 0.3) is 0 Å². The number of nitrogens with zero attached hydrogens (tertiary/aromatic N) is 1. The van der Waals surface area contributed by atoms with Crippen LogP contribution in [-0.4, -0.2) is 46.0 Å². The van der Waals surface area contributed by atoms with Crippen LogP contribution in [0.25, 0.3) is 0 Å². The minimum Gasteiger partial charge on any atom is -0.497 e. The van der Waals surface area contributed by atoms with Crippen LogP contribution in [-0.2, 0) is 14.8 Å². The van der Waals surface area contributed by atoms with Crippen molar-refractivity contribution in [2.45, 2.75) is 17.4 Å². The molecular formula is C12H16N2O4S. The maximum Gasteiger partial charge on any atom is 0.240 e. The van der Waals surface area contributed by atoms with E-state index in [-0.39, 0.29) is 23.3 Å². The van der Waals surface area contributed by atoms with E-state index >= 15 is 0 Å². The van der Waals surface area contributed by atoms with Crippen molar-refractivity contribution >= 4 is 15.9 Å². The summed E-state index contributed by atoms with van der Waals surface area (Å²) in [6.45, 7) is 0.397. The highest BCUT2D eigenvalue weighted by Gasteiger charge is 2.30. The molecule has 1 N–H and O–H groups in total. The van der Waals surface area contributed by atoms with E-state index in [1.165, 1.54) is 24.1 Å². The summed E-state index contributed by atoms with van der Waals surface area (Å²) < 4.78 is 31.8. The van der Waals surface area contributed by atoms with Crippen LogP contribution < -0.4 is 9.46 Å². The van der Waals surface area contributed by atoms with Gasteiger partial charge >= 0.3 is 0 Å². The summed E-state index contributed by atoms with van der Waals surface area (Å²) in [6.07, 6.45) is 0.200. The van der Waals surface area contributed by atoms with Crippen LogP contribution in [0.4, 0.5) is 0 Å². The molecule has 0 radical (unpaired) electrons. The topological polar surface area (TPSA) is 75.7 Å². The highest BCUT2D eigenvalue weighted by Crippen LogP contribution is 2.17. The first kappa shape index (κ1) is 13.8. The molecule has 1 unspecified atom stereocenters. The first-order valence-electron chi connectivity index (χ1n) is 5.83. The van der Waals surface area contributed by atoms with E-state index in [0.717, 1.165) is 0 Å². The number of rotatable bonds is 4. The molecule has 2 rings (SSSR count). The molecule has 1 heterocycles. The Balaban J connectivity index is 2.12. The van der Waals surface area contributed by atoms with E-state index < -0.39 is 10.0 Å². The summed E-state index contributed by atoms with van der Waals surface area (Å²) in [5, 5.41) is 0. The molecule has 1 aromatic carbocycles. The van der Waals surface area contributed by atoms with Crippen LogP contribution in [0.15, 0.2) is 29.2 Å². The zero-order chi connectivity index (χ0) is 14.0. The van der Waals surface area contributed by atoms with E-state index in [2.05, 4.69) is 4.72 Å². The van der Waals surface area contributed by atoms with Gasteiger partial charge in [-0.3, -0.25) is 4.79 Å². The molecule has 0 bridgehead atoms. The van der Waals surface area contributed by atoms with Crippen LogP contribution in [0.1, 0.15) is 6.42 Å². The minimum atomic E-state index is -3.60. The number of nitrogens with one attached hydrogen (secondary N) is 1. The molecule has 7 heteroatoms. The van der Waals surface area contributed by atoms with Crippen LogP contribution >= 0.6 is 0 Å². The monoisotopic (exact) mass is 284 g/mol. The largest absolute Gasteiger partial charge is 0.497 e. The second-order valence-corrected chi connectivity index (χ2v) is 6.19. The van der Waals surface area contributed by atoms with Gasteiger partial charge in [0.1, 0.15) is 5.75 Å². The summed E-state index contributed by atoms with van der Waals surface area (Å²) >= 11 is 0. The van der Waals surface area contributed by atoms with Crippen molar-refractivity contribution in [1.82, 2.24) is 9.62 Å². The summed E-state index contributed by atoms with van der Waals surface area (Å²) in [7, 11) is -0.428. The van der Waals surface area contributed by atoms with Gasteiger partial charge in [-0.1, -0.05) is 0 Å². The molecule has 1 amide bonds. The summed E-state index contributed by atoms with van der Waals surface area (Å²) in [4.78, 5) is 13.0. The molecule has 0 spiro atoms. The Morgan fingerprint density at radius 1 is 1.32 bits per heavy atom. The molecule has 1 aromatic rings. The van der Waals surface area contributed by atoms with Crippen LogP contribution in [0, 0.1) is 0 Å². The number of hydrogen-bond acceptors (Lipinski definition) is 4. The van der Waals surface area contributed by atoms with Gasteiger partial charge in [0.05, 0.1) is 12.0 Å². The average molecular weight is 284 g/mol. The van der Waals surface area contributed by atoms with Crippen molar-refractivity contribution in [2.75, 3.05) is 20.7 Å². The van der Waals surface area contributed by atoms with E-state index in [9.17, 15) is 13.2 Å². The second-order valence-electron chi connectivity index (χ2n) is 4.47. The molecule has 1 fully saturated rings. The van der Waals surface area contributed by atoms with Crippen LogP contribution in [0.2, 0.25) is 0 Å². The number of carbonyl (C=O) groups is 1. The highest BCUT2D eigenvalue weighted by molar-refractivity contribution is 7.89. The number of ether oxygens (including phenoxy) is 1. The summed E-state index contributed by atoms with van der Waals surface area (Å²) in [5.41, 5.74) is 0. The Morgan fingerprint density at radius 3 is 2.42 bits per heavy atom. The van der Waals surface area contributed by atoms with Crippen molar-refractivity contribution in [3.05, 3.63) is 24.3 Å². The molecular weight excluding hydrogens is 268 g/mol. The van der Waals surface area contributed by atoms with Gasteiger partial charge in [-0.15, -0.1) is 0 Å². The van der Waals surface area contributed by atoms with Gasteiger partial charge in [-0.2, -0.15) is 0 Å². The predicted molar refractivity (Wildman–Crippen MR) is 69.4 cm³/mol. The molecule has 0 aromatic heterocycles. The molecule has 0 saturated carbocycles.